The topological polar surface area (TPSA) is 12.0 Å². The molecule has 1 N–H and O–H groups in total. The number of halogens is 1. The summed E-state index contributed by atoms with van der Waals surface area (Å²) >= 11 is 5.91. The van der Waals surface area contributed by atoms with Crippen LogP contribution >= 0.6 is 11.6 Å². The van der Waals surface area contributed by atoms with Crippen LogP contribution in [0.5, 0.6) is 0 Å². The van der Waals surface area contributed by atoms with Crippen molar-refractivity contribution in [3.63, 3.8) is 0 Å². The van der Waals surface area contributed by atoms with Gasteiger partial charge in [-0.2, -0.15) is 0 Å². The van der Waals surface area contributed by atoms with Gasteiger partial charge in [-0.25, -0.2) is 0 Å². The third-order valence-corrected chi connectivity index (χ3v) is 2.99. The van der Waals surface area contributed by atoms with Crippen molar-refractivity contribution >= 4 is 11.6 Å². The van der Waals surface area contributed by atoms with Gasteiger partial charge in [0.1, 0.15) is 0 Å². The fourth-order valence-electron chi connectivity index (χ4n) is 1.85. The lowest BCUT2D eigenvalue weighted by atomic mass is 10.00. The van der Waals surface area contributed by atoms with Crippen LogP contribution < -0.4 is 5.32 Å². The van der Waals surface area contributed by atoms with Crippen molar-refractivity contribution in [1.82, 2.24) is 5.32 Å². The molecular weight excluding hydrogens is 230 g/mol. The van der Waals surface area contributed by atoms with E-state index in [1.54, 1.807) is 0 Å². The molecule has 88 valence electrons. The molecule has 0 aliphatic heterocycles. The van der Waals surface area contributed by atoms with Crippen LogP contribution in [0.25, 0.3) is 11.1 Å². The third kappa shape index (κ3) is 3.09. The molecule has 0 saturated carbocycles. The van der Waals surface area contributed by atoms with Gasteiger partial charge in [-0.3, -0.25) is 0 Å². The summed E-state index contributed by atoms with van der Waals surface area (Å²) in [4.78, 5) is 0. The molecule has 2 heteroatoms. The van der Waals surface area contributed by atoms with Crippen LogP contribution in [0.15, 0.2) is 48.5 Å². The van der Waals surface area contributed by atoms with Crippen molar-refractivity contribution in [3.8, 4) is 11.1 Å². The number of hydrogen-bond donors (Lipinski definition) is 1. The number of nitrogens with one attached hydrogen (secondary N) is 1. The van der Waals surface area contributed by atoms with Crippen LogP contribution in [-0.2, 0) is 6.54 Å². The molecule has 0 fully saturated rings. The van der Waals surface area contributed by atoms with Crippen LogP contribution in [0.2, 0.25) is 5.02 Å². The molecule has 0 saturated heterocycles. The van der Waals surface area contributed by atoms with Gasteiger partial charge in [0.25, 0.3) is 0 Å². The van der Waals surface area contributed by atoms with Gasteiger partial charge in [0, 0.05) is 11.6 Å². The second kappa shape index (κ2) is 5.85. The van der Waals surface area contributed by atoms with Crippen LogP contribution in [0.4, 0.5) is 0 Å². The molecule has 0 radical (unpaired) electrons. The molecule has 0 aliphatic carbocycles. The van der Waals surface area contributed by atoms with Crippen molar-refractivity contribution in [2.24, 2.45) is 0 Å². The summed E-state index contributed by atoms with van der Waals surface area (Å²) in [5.74, 6) is 0. The van der Waals surface area contributed by atoms with E-state index in [2.05, 4.69) is 48.6 Å². The van der Waals surface area contributed by atoms with Gasteiger partial charge in [-0.15, -0.1) is 0 Å². The normalized spacial score (nSPS) is 10.5. The Morgan fingerprint density at radius 1 is 1.00 bits per heavy atom. The minimum Gasteiger partial charge on any atom is -0.313 e. The fourth-order valence-corrected chi connectivity index (χ4v) is 1.97. The van der Waals surface area contributed by atoms with Gasteiger partial charge < -0.3 is 5.32 Å². The van der Waals surface area contributed by atoms with Gasteiger partial charge in [0.2, 0.25) is 0 Å². The van der Waals surface area contributed by atoms with E-state index in [0.29, 0.717) is 0 Å². The van der Waals surface area contributed by atoms with E-state index in [-0.39, 0.29) is 0 Å². The molecule has 2 aromatic rings. The van der Waals surface area contributed by atoms with Crippen molar-refractivity contribution in [1.29, 1.82) is 0 Å². The largest absolute Gasteiger partial charge is 0.313 e. The standard InChI is InChI=1S/C15H16ClN/c1-2-17-11-13-5-3-4-6-15(13)12-7-9-14(16)10-8-12/h3-10,17H,2,11H2,1H3. The summed E-state index contributed by atoms with van der Waals surface area (Å²) in [5.41, 5.74) is 3.80. The second-order valence-corrected chi connectivity index (χ2v) is 4.38. The predicted molar refractivity (Wildman–Crippen MR) is 74.3 cm³/mol. The summed E-state index contributed by atoms with van der Waals surface area (Å²) < 4.78 is 0. The lowest BCUT2D eigenvalue weighted by Crippen LogP contribution is -2.12. The number of rotatable bonds is 4. The Balaban J connectivity index is 2.33. The summed E-state index contributed by atoms with van der Waals surface area (Å²) in [5, 5.41) is 4.14. The van der Waals surface area contributed by atoms with Crippen LogP contribution in [0, 0.1) is 0 Å². The Morgan fingerprint density at radius 2 is 1.71 bits per heavy atom. The van der Waals surface area contributed by atoms with E-state index in [1.807, 2.05) is 12.1 Å². The Labute approximate surface area is 107 Å². The molecule has 0 heterocycles. The van der Waals surface area contributed by atoms with Crippen molar-refractivity contribution in [3.05, 3.63) is 59.1 Å². The lowest BCUT2D eigenvalue weighted by Gasteiger charge is -2.10. The lowest BCUT2D eigenvalue weighted by molar-refractivity contribution is 0.728. The van der Waals surface area contributed by atoms with Gasteiger partial charge in [-0.05, 0) is 35.4 Å². The van der Waals surface area contributed by atoms with Crippen molar-refractivity contribution in [2.75, 3.05) is 6.54 Å². The van der Waals surface area contributed by atoms with E-state index < -0.39 is 0 Å². The zero-order valence-electron chi connectivity index (χ0n) is 9.91. The molecule has 17 heavy (non-hydrogen) atoms. The van der Waals surface area contributed by atoms with E-state index in [9.17, 15) is 0 Å². The maximum absolute atomic E-state index is 5.91. The highest BCUT2D eigenvalue weighted by Gasteiger charge is 2.03. The highest BCUT2D eigenvalue weighted by Crippen LogP contribution is 2.24. The van der Waals surface area contributed by atoms with E-state index in [0.717, 1.165) is 18.1 Å². The number of hydrogen-bond acceptors (Lipinski definition) is 1. The molecule has 0 unspecified atom stereocenters. The first-order valence-corrected chi connectivity index (χ1v) is 6.23. The summed E-state index contributed by atoms with van der Waals surface area (Å²) in [6.45, 7) is 4.00. The number of benzene rings is 2. The predicted octanol–water partition coefficient (Wildman–Crippen LogP) is 4.12. The average molecular weight is 246 g/mol. The highest BCUT2D eigenvalue weighted by molar-refractivity contribution is 6.30. The zero-order chi connectivity index (χ0) is 12.1. The summed E-state index contributed by atoms with van der Waals surface area (Å²) in [6, 6.07) is 16.4. The second-order valence-electron chi connectivity index (χ2n) is 3.94. The van der Waals surface area contributed by atoms with Crippen molar-refractivity contribution in [2.45, 2.75) is 13.5 Å². The van der Waals surface area contributed by atoms with E-state index in [4.69, 9.17) is 11.6 Å². The van der Waals surface area contributed by atoms with Gasteiger partial charge in [0.15, 0.2) is 0 Å². The Hall–Kier alpha value is -1.31. The quantitative estimate of drug-likeness (QED) is 0.855. The fraction of sp³-hybridized carbons (Fsp3) is 0.200. The molecular formula is C15H16ClN. The molecule has 2 rings (SSSR count). The molecule has 1 nitrogen and oxygen atoms in total. The van der Waals surface area contributed by atoms with Gasteiger partial charge >= 0.3 is 0 Å². The van der Waals surface area contributed by atoms with Crippen molar-refractivity contribution < 1.29 is 0 Å². The minimum atomic E-state index is 0.776. The Morgan fingerprint density at radius 3 is 2.41 bits per heavy atom. The molecule has 0 spiro atoms. The highest BCUT2D eigenvalue weighted by atomic mass is 35.5. The molecule has 0 atom stereocenters. The maximum Gasteiger partial charge on any atom is 0.0406 e. The molecule has 0 amide bonds. The minimum absolute atomic E-state index is 0.776. The molecule has 0 aromatic heterocycles. The maximum atomic E-state index is 5.91. The first kappa shape index (κ1) is 12.2. The molecule has 0 bridgehead atoms. The average Bonchev–Trinajstić information content (AvgIpc) is 2.38. The van der Waals surface area contributed by atoms with Gasteiger partial charge in [-0.1, -0.05) is 54.9 Å². The van der Waals surface area contributed by atoms with Crippen LogP contribution in [0.1, 0.15) is 12.5 Å². The Kier molecular flexibility index (Phi) is 4.18. The molecule has 2 aromatic carbocycles. The van der Waals surface area contributed by atoms with E-state index >= 15 is 0 Å². The van der Waals surface area contributed by atoms with Crippen LogP contribution in [-0.4, -0.2) is 6.54 Å². The van der Waals surface area contributed by atoms with E-state index in [1.165, 1.54) is 16.7 Å². The molecule has 0 aliphatic rings. The van der Waals surface area contributed by atoms with Gasteiger partial charge in [0.05, 0.1) is 0 Å². The third-order valence-electron chi connectivity index (χ3n) is 2.74. The SMILES string of the molecule is CCNCc1ccccc1-c1ccc(Cl)cc1. The first-order chi connectivity index (χ1) is 8.31. The Bertz CT molecular complexity index is 477. The zero-order valence-corrected chi connectivity index (χ0v) is 10.7. The monoisotopic (exact) mass is 245 g/mol. The first-order valence-electron chi connectivity index (χ1n) is 5.86. The van der Waals surface area contributed by atoms with Crippen LogP contribution in [0.3, 0.4) is 0 Å². The smallest absolute Gasteiger partial charge is 0.0406 e. The summed E-state index contributed by atoms with van der Waals surface area (Å²) in [7, 11) is 0. The summed E-state index contributed by atoms with van der Waals surface area (Å²) in [6.07, 6.45) is 0.